The highest BCUT2D eigenvalue weighted by Crippen LogP contribution is 2.27. The molecule has 122 valence electrons. The number of sulfone groups is 1. The quantitative estimate of drug-likeness (QED) is 0.844. The van der Waals surface area contributed by atoms with Crippen molar-refractivity contribution in [1.29, 1.82) is 0 Å². The fourth-order valence-corrected chi connectivity index (χ4v) is 3.69. The smallest absolute Gasteiger partial charge is 0.241 e. The standard InChI is InChI=1S/C17H18BrNO3S/c1-17(2,16(20)19-12-13-6-4-3-5-7-13)23(21,22)15-10-8-14(18)9-11-15/h3-11H,12H2,1-2H3,(H,19,20). The van der Waals surface area contributed by atoms with Gasteiger partial charge in [-0.2, -0.15) is 0 Å². The van der Waals surface area contributed by atoms with Gasteiger partial charge in [-0.05, 0) is 43.7 Å². The van der Waals surface area contributed by atoms with Gasteiger partial charge in [0.2, 0.25) is 5.91 Å². The molecule has 0 heterocycles. The Bertz CT molecular complexity index is 784. The van der Waals surface area contributed by atoms with Crippen molar-refractivity contribution in [2.45, 2.75) is 30.0 Å². The highest BCUT2D eigenvalue weighted by atomic mass is 79.9. The summed E-state index contributed by atoms with van der Waals surface area (Å²) >= 11 is 3.27. The van der Waals surface area contributed by atoms with Gasteiger partial charge in [0.05, 0.1) is 4.90 Å². The molecule has 4 nitrogen and oxygen atoms in total. The third kappa shape index (κ3) is 3.82. The Morgan fingerprint density at radius 2 is 1.61 bits per heavy atom. The molecule has 23 heavy (non-hydrogen) atoms. The van der Waals surface area contributed by atoms with Crippen LogP contribution in [-0.2, 0) is 21.2 Å². The monoisotopic (exact) mass is 395 g/mol. The first-order valence-corrected chi connectivity index (χ1v) is 9.35. The van der Waals surface area contributed by atoms with Crippen LogP contribution in [0.5, 0.6) is 0 Å². The number of halogens is 1. The van der Waals surface area contributed by atoms with E-state index in [9.17, 15) is 13.2 Å². The van der Waals surface area contributed by atoms with Crippen LogP contribution in [0.25, 0.3) is 0 Å². The van der Waals surface area contributed by atoms with E-state index >= 15 is 0 Å². The molecule has 0 radical (unpaired) electrons. The highest BCUT2D eigenvalue weighted by Gasteiger charge is 2.42. The molecular formula is C17H18BrNO3S. The molecule has 0 saturated heterocycles. The molecule has 0 fully saturated rings. The summed E-state index contributed by atoms with van der Waals surface area (Å²) in [6.07, 6.45) is 0. The molecule has 0 bridgehead atoms. The first-order valence-electron chi connectivity index (χ1n) is 7.07. The molecule has 6 heteroatoms. The molecule has 0 unspecified atom stereocenters. The van der Waals surface area contributed by atoms with Crippen LogP contribution in [0.3, 0.4) is 0 Å². The molecule has 0 saturated carbocycles. The fourth-order valence-electron chi connectivity index (χ4n) is 2.02. The van der Waals surface area contributed by atoms with Gasteiger partial charge in [0, 0.05) is 11.0 Å². The third-order valence-corrected chi connectivity index (χ3v) is 6.59. The summed E-state index contributed by atoms with van der Waals surface area (Å²) in [5, 5.41) is 2.70. The van der Waals surface area contributed by atoms with Crippen molar-refractivity contribution in [1.82, 2.24) is 5.32 Å². The zero-order valence-corrected chi connectivity index (χ0v) is 15.3. The van der Waals surface area contributed by atoms with E-state index in [1.165, 1.54) is 26.0 Å². The summed E-state index contributed by atoms with van der Waals surface area (Å²) in [4.78, 5) is 12.6. The van der Waals surface area contributed by atoms with Crippen LogP contribution in [0.15, 0.2) is 64.0 Å². The second-order valence-electron chi connectivity index (χ2n) is 5.64. The summed E-state index contributed by atoms with van der Waals surface area (Å²) in [6.45, 7) is 3.13. The number of carbonyl (C=O) groups is 1. The number of benzene rings is 2. The molecule has 0 aliphatic heterocycles. The number of hydrogen-bond acceptors (Lipinski definition) is 3. The van der Waals surface area contributed by atoms with Crippen LogP contribution in [0.4, 0.5) is 0 Å². The van der Waals surface area contributed by atoms with E-state index in [1.807, 2.05) is 30.3 Å². The van der Waals surface area contributed by atoms with Gasteiger partial charge in [-0.15, -0.1) is 0 Å². The van der Waals surface area contributed by atoms with E-state index in [0.717, 1.165) is 10.0 Å². The fraction of sp³-hybridized carbons (Fsp3) is 0.235. The second kappa shape index (κ2) is 6.84. The van der Waals surface area contributed by atoms with Crippen LogP contribution < -0.4 is 5.32 Å². The van der Waals surface area contributed by atoms with E-state index in [4.69, 9.17) is 0 Å². The number of rotatable bonds is 5. The SMILES string of the molecule is CC(C)(C(=O)NCc1ccccc1)S(=O)(=O)c1ccc(Br)cc1. The summed E-state index contributed by atoms with van der Waals surface area (Å²) in [5.74, 6) is -0.524. The molecule has 0 spiro atoms. The molecular weight excluding hydrogens is 378 g/mol. The van der Waals surface area contributed by atoms with E-state index in [1.54, 1.807) is 12.1 Å². The topological polar surface area (TPSA) is 63.2 Å². The first kappa shape index (κ1) is 17.7. The van der Waals surface area contributed by atoms with E-state index in [0.29, 0.717) is 6.54 Å². The van der Waals surface area contributed by atoms with Crippen LogP contribution in [0.1, 0.15) is 19.4 Å². The number of nitrogens with one attached hydrogen (secondary N) is 1. The number of amides is 1. The lowest BCUT2D eigenvalue weighted by molar-refractivity contribution is -0.123. The van der Waals surface area contributed by atoms with Gasteiger partial charge in [-0.1, -0.05) is 46.3 Å². The van der Waals surface area contributed by atoms with E-state index < -0.39 is 20.5 Å². The van der Waals surface area contributed by atoms with Gasteiger partial charge in [-0.25, -0.2) is 8.42 Å². The van der Waals surface area contributed by atoms with Crippen LogP contribution in [-0.4, -0.2) is 19.1 Å². The minimum Gasteiger partial charge on any atom is -0.351 e. The van der Waals surface area contributed by atoms with Crippen molar-refractivity contribution in [3.05, 3.63) is 64.6 Å². The van der Waals surface area contributed by atoms with Crippen molar-refractivity contribution in [2.75, 3.05) is 0 Å². The summed E-state index contributed by atoms with van der Waals surface area (Å²) in [6, 6.07) is 15.6. The molecule has 0 atom stereocenters. The van der Waals surface area contributed by atoms with Crippen molar-refractivity contribution in [3.8, 4) is 0 Å². The minimum absolute atomic E-state index is 0.126. The van der Waals surface area contributed by atoms with Crippen molar-refractivity contribution >= 4 is 31.7 Å². The van der Waals surface area contributed by atoms with E-state index in [-0.39, 0.29) is 4.90 Å². The highest BCUT2D eigenvalue weighted by molar-refractivity contribution is 9.10. The second-order valence-corrected chi connectivity index (χ2v) is 9.05. The van der Waals surface area contributed by atoms with E-state index in [2.05, 4.69) is 21.2 Å². The molecule has 1 N–H and O–H groups in total. The maximum absolute atomic E-state index is 12.7. The Hall–Kier alpha value is -1.66. The van der Waals surface area contributed by atoms with Gasteiger partial charge >= 0.3 is 0 Å². The van der Waals surface area contributed by atoms with Gasteiger partial charge in [0.15, 0.2) is 9.84 Å². The Kier molecular flexibility index (Phi) is 5.26. The van der Waals surface area contributed by atoms with Gasteiger partial charge in [0.1, 0.15) is 4.75 Å². The molecule has 0 aromatic heterocycles. The molecule has 2 aromatic rings. The summed E-state index contributed by atoms with van der Waals surface area (Å²) < 4.78 is 24.7. The number of carbonyl (C=O) groups excluding carboxylic acids is 1. The van der Waals surface area contributed by atoms with Crippen molar-refractivity contribution in [2.24, 2.45) is 0 Å². The molecule has 0 aliphatic carbocycles. The lowest BCUT2D eigenvalue weighted by Gasteiger charge is -2.24. The maximum atomic E-state index is 12.7. The first-order chi connectivity index (χ1) is 10.7. The Morgan fingerprint density at radius 1 is 1.04 bits per heavy atom. The van der Waals surface area contributed by atoms with Crippen LogP contribution in [0.2, 0.25) is 0 Å². The lowest BCUT2D eigenvalue weighted by atomic mass is 10.1. The number of hydrogen-bond donors (Lipinski definition) is 1. The Labute approximate surface area is 145 Å². The molecule has 2 rings (SSSR count). The minimum atomic E-state index is -3.79. The summed E-state index contributed by atoms with van der Waals surface area (Å²) in [5.41, 5.74) is 0.915. The average molecular weight is 396 g/mol. The van der Waals surface area contributed by atoms with Gasteiger partial charge < -0.3 is 5.32 Å². The Morgan fingerprint density at radius 3 is 2.17 bits per heavy atom. The van der Waals surface area contributed by atoms with Gasteiger partial charge in [0.25, 0.3) is 0 Å². The van der Waals surface area contributed by atoms with Crippen molar-refractivity contribution < 1.29 is 13.2 Å². The lowest BCUT2D eigenvalue weighted by Crippen LogP contribution is -2.47. The normalized spacial score (nSPS) is 12.0. The average Bonchev–Trinajstić information content (AvgIpc) is 2.53. The van der Waals surface area contributed by atoms with Crippen LogP contribution in [0, 0.1) is 0 Å². The molecule has 0 aliphatic rings. The van der Waals surface area contributed by atoms with Gasteiger partial charge in [-0.3, -0.25) is 4.79 Å². The van der Waals surface area contributed by atoms with Crippen LogP contribution >= 0.6 is 15.9 Å². The van der Waals surface area contributed by atoms with Crippen molar-refractivity contribution in [3.63, 3.8) is 0 Å². The predicted octanol–water partition coefficient (Wildman–Crippen LogP) is 3.32. The Balaban J connectivity index is 2.18. The molecule has 1 amide bonds. The zero-order chi connectivity index (χ0) is 17.1. The predicted molar refractivity (Wildman–Crippen MR) is 93.7 cm³/mol. The maximum Gasteiger partial charge on any atom is 0.241 e. The largest absolute Gasteiger partial charge is 0.351 e. The zero-order valence-electron chi connectivity index (χ0n) is 12.9. The molecule has 2 aromatic carbocycles. The summed E-state index contributed by atoms with van der Waals surface area (Å²) in [7, 11) is -3.79. The third-order valence-electron chi connectivity index (χ3n) is 3.64.